The number of pyridine rings is 1. The Morgan fingerprint density at radius 3 is 2.47 bits per heavy atom. The maximum atomic E-state index is 13.5. The number of anilines is 2. The maximum Gasteiger partial charge on any atom is 0.231 e. The fourth-order valence-electron chi connectivity index (χ4n) is 5.64. The van der Waals surface area contributed by atoms with Gasteiger partial charge in [-0.25, -0.2) is 4.98 Å². The van der Waals surface area contributed by atoms with Crippen LogP contribution in [0.25, 0.3) is 0 Å². The average Bonchev–Trinajstić information content (AvgIpc) is 2.97. The zero-order valence-corrected chi connectivity index (χ0v) is 28.4. The van der Waals surface area contributed by atoms with E-state index in [9.17, 15) is 9.59 Å². The molecule has 1 aromatic heterocycles. The van der Waals surface area contributed by atoms with Gasteiger partial charge in [-0.15, -0.1) is 11.8 Å². The number of rotatable bonds is 14. The van der Waals surface area contributed by atoms with Gasteiger partial charge in [-0.2, -0.15) is 0 Å². The van der Waals surface area contributed by atoms with Crippen LogP contribution in [0.5, 0.6) is 0 Å². The number of nitrogens with two attached hydrogens (primary N) is 2. The van der Waals surface area contributed by atoms with E-state index in [1.165, 1.54) is 25.8 Å². The predicted octanol–water partition coefficient (Wildman–Crippen LogP) is 6.65. The summed E-state index contributed by atoms with van der Waals surface area (Å²) in [5.74, 6) is 1.19. The molecular weight excluding hydrogens is 556 g/mol. The van der Waals surface area contributed by atoms with Crippen molar-refractivity contribution in [1.82, 2.24) is 15.2 Å². The minimum atomic E-state index is -0.330. The van der Waals surface area contributed by atoms with Crippen LogP contribution in [0, 0.1) is 12.8 Å². The van der Waals surface area contributed by atoms with Crippen molar-refractivity contribution in [2.75, 3.05) is 37.1 Å². The number of likely N-dealkylation sites (tertiary alicyclic amines) is 1. The molecule has 2 heterocycles. The molecule has 6 N–H and O–H groups in total. The van der Waals surface area contributed by atoms with E-state index >= 15 is 0 Å². The van der Waals surface area contributed by atoms with Crippen LogP contribution in [0.4, 0.5) is 11.5 Å². The number of nitrogens with one attached hydrogen (secondary N) is 2. The van der Waals surface area contributed by atoms with Gasteiger partial charge in [0.2, 0.25) is 12.3 Å². The highest BCUT2D eigenvalue weighted by Gasteiger charge is 2.26. The first-order valence-electron chi connectivity index (χ1n) is 15.8. The standard InChI is InChI=1S/C26H39N5O2S.C8H17N/c1-5-19(6-2)23-12-21(14-30-25(23)28)31-26(33)22(9-7-17(3)13-29-16-32)20-8-10-24(34-15-27)18(4)11-20;1-8(2)6-4-5-7-9(8)3/h8,10-12,14,16-17,19,22H,5-7,9,13,15,27H2,1-4H3,(H2,28,30)(H,29,32)(H,31,33);4-7H2,1-3H3/t17?,22-;/m1./s1. The molecular formula is C34H56N6O2S. The van der Waals surface area contributed by atoms with E-state index in [1.807, 2.05) is 25.1 Å². The first kappa shape index (κ1) is 36.6. The van der Waals surface area contributed by atoms with Gasteiger partial charge in [-0.1, -0.05) is 39.3 Å². The molecule has 0 radical (unpaired) electrons. The second-order valence-corrected chi connectivity index (χ2v) is 13.6. The number of aromatic nitrogens is 1. The smallest absolute Gasteiger partial charge is 0.231 e. The van der Waals surface area contributed by atoms with E-state index in [4.69, 9.17) is 11.5 Å². The molecule has 43 heavy (non-hydrogen) atoms. The van der Waals surface area contributed by atoms with Crippen LogP contribution in [0.1, 0.15) is 108 Å². The molecule has 2 aromatic rings. The maximum absolute atomic E-state index is 13.5. The van der Waals surface area contributed by atoms with Crippen molar-refractivity contribution < 1.29 is 9.59 Å². The highest BCUT2D eigenvalue weighted by atomic mass is 32.2. The van der Waals surface area contributed by atoms with Gasteiger partial charge in [-0.3, -0.25) is 9.59 Å². The van der Waals surface area contributed by atoms with Gasteiger partial charge in [0.05, 0.1) is 17.8 Å². The Balaban J connectivity index is 0.000000609. The topological polar surface area (TPSA) is 126 Å². The molecule has 1 aliphatic rings. The third kappa shape index (κ3) is 11.4. The van der Waals surface area contributed by atoms with E-state index in [1.54, 1.807) is 18.0 Å². The Labute approximate surface area is 264 Å². The van der Waals surface area contributed by atoms with Crippen LogP contribution in [-0.2, 0) is 9.59 Å². The molecule has 2 atom stereocenters. The number of piperidine rings is 1. The van der Waals surface area contributed by atoms with Crippen molar-refractivity contribution in [2.45, 2.75) is 109 Å². The van der Waals surface area contributed by atoms with E-state index in [2.05, 4.69) is 68.3 Å². The molecule has 0 spiro atoms. The van der Waals surface area contributed by atoms with Crippen molar-refractivity contribution in [3.63, 3.8) is 0 Å². The molecule has 1 saturated heterocycles. The van der Waals surface area contributed by atoms with Gasteiger partial charge in [0.15, 0.2) is 0 Å². The molecule has 1 aliphatic heterocycles. The van der Waals surface area contributed by atoms with Gasteiger partial charge in [0.25, 0.3) is 0 Å². The molecule has 8 nitrogen and oxygen atoms in total. The number of aryl methyl sites for hydroxylation is 1. The number of nitrogens with zero attached hydrogens (tertiary/aromatic N) is 2. The monoisotopic (exact) mass is 612 g/mol. The van der Waals surface area contributed by atoms with Crippen LogP contribution in [0.3, 0.4) is 0 Å². The third-order valence-corrected chi connectivity index (χ3v) is 9.80. The van der Waals surface area contributed by atoms with E-state index in [0.717, 1.165) is 40.8 Å². The summed E-state index contributed by atoms with van der Waals surface area (Å²) in [5, 5.41) is 5.81. The molecule has 1 fully saturated rings. The number of amides is 2. The number of hydrogen-bond donors (Lipinski definition) is 4. The van der Waals surface area contributed by atoms with Crippen molar-refractivity contribution in [3.8, 4) is 0 Å². The molecule has 3 rings (SSSR count). The van der Waals surface area contributed by atoms with Crippen molar-refractivity contribution in [3.05, 3.63) is 47.2 Å². The van der Waals surface area contributed by atoms with Crippen LogP contribution in [0.2, 0.25) is 0 Å². The number of carbonyl (C=O) groups is 2. The number of hydrogen-bond acceptors (Lipinski definition) is 7. The summed E-state index contributed by atoms with van der Waals surface area (Å²) in [6.07, 6.45) is 9.89. The van der Waals surface area contributed by atoms with Crippen LogP contribution in [-0.4, -0.2) is 53.8 Å². The Bertz CT molecular complexity index is 1150. The molecule has 1 aromatic carbocycles. The number of thioether (sulfide) groups is 1. The van der Waals surface area contributed by atoms with Crippen LogP contribution < -0.4 is 22.1 Å². The zero-order chi connectivity index (χ0) is 32.0. The fraction of sp³-hybridized carbons (Fsp3) is 0.618. The molecule has 0 saturated carbocycles. The number of carbonyl (C=O) groups excluding carboxylic acids is 2. The summed E-state index contributed by atoms with van der Waals surface area (Å²) in [6.45, 7) is 14.9. The van der Waals surface area contributed by atoms with Crippen LogP contribution in [0.15, 0.2) is 35.4 Å². The molecule has 9 heteroatoms. The van der Waals surface area contributed by atoms with Gasteiger partial charge < -0.3 is 27.0 Å². The minimum absolute atomic E-state index is 0.0729. The van der Waals surface area contributed by atoms with Crippen molar-refractivity contribution in [1.29, 1.82) is 0 Å². The minimum Gasteiger partial charge on any atom is -0.383 e. The predicted molar refractivity (Wildman–Crippen MR) is 182 cm³/mol. The summed E-state index contributed by atoms with van der Waals surface area (Å²) in [6, 6.07) is 8.08. The normalized spacial score (nSPS) is 16.1. The molecule has 1 unspecified atom stereocenters. The Hall–Kier alpha value is -2.62. The van der Waals surface area contributed by atoms with Gasteiger partial charge in [0.1, 0.15) is 5.82 Å². The Morgan fingerprint density at radius 2 is 1.91 bits per heavy atom. The van der Waals surface area contributed by atoms with E-state index in [-0.39, 0.29) is 17.7 Å². The third-order valence-electron chi connectivity index (χ3n) is 8.86. The SMILES string of the molecule is CCC(CC)c1cc(NC(=O)[C@H](CCC(C)CNC=O)c2ccc(SCN)c(C)c2)cnc1N.CN1CCCCC1(C)C. The summed E-state index contributed by atoms with van der Waals surface area (Å²) < 4.78 is 0. The Kier molecular flexibility index (Phi) is 15.5. The van der Waals surface area contributed by atoms with Crippen molar-refractivity contribution >= 4 is 35.6 Å². The van der Waals surface area contributed by atoms with Crippen LogP contribution >= 0.6 is 11.8 Å². The van der Waals surface area contributed by atoms with Gasteiger partial charge in [0, 0.05) is 22.9 Å². The summed E-state index contributed by atoms with van der Waals surface area (Å²) >= 11 is 1.59. The second kappa shape index (κ2) is 18.2. The number of benzene rings is 1. The largest absolute Gasteiger partial charge is 0.383 e. The summed E-state index contributed by atoms with van der Waals surface area (Å²) in [7, 11) is 2.22. The first-order chi connectivity index (χ1) is 20.5. The summed E-state index contributed by atoms with van der Waals surface area (Å²) in [4.78, 5) is 32.1. The lowest BCUT2D eigenvalue weighted by Crippen LogP contribution is -2.44. The highest BCUT2D eigenvalue weighted by Crippen LogP contribution is 2.32. The first-order valence-corrected chi connectivity index (χ1v) is 16.8. The molecule has 0 bridgehead atoms. The lowest BCUT2D eigenvalue weighted by atomic mass is 9.89. The van der Waals surface area contributed by atoms with E-state index < -0.39 is 0 Å². The van der Waals surface area contributed by atoms with Gasteiger partial charge >= 0.3 is 0 Å². The van der Waals surface area contributed by atoms with Gasteiger partial charge in [-0.05, 0) is 114 Å². The number of nitrogen functional groups attached to an aromatic ring is 1. The molecule has 2 amide bonds. The quantitative estimate of drug-likeness (QED) is 0.107. The highest BCUT2D eigenvalue weighted by molar-refractivity contribution is 7.99. The van der Waals surface area contributed by atoms with E-state index in [0.29, 0.717) is 48.2 Å². The lowest BCUT2D eigenvalue weighted by molar-refractivity contribution is -0.118. The lowest BCUT2D eigenvalue weighted by Gasteiger charge is -2.39. The zero-order valence-electron chi connectivity index (χ0n) is 27.5. The molecule has 0 aliphatic carbocycles. The Morgan fingerprint density at radius 1 is 1.19 bits per heavy atom. The summed E-state index contributed by atoms with van der Waals surface area (Å²) in [5.41, 5.74) is 16.0. The fourth-order valence-corrected chi connectivity index (χ4v) is 6.27. The van der Waals surface area contributed by atoms with Crippen molar-refractivity contribution in [2.24, 2.45) is 11.7 Å². The molecule has 240 valence electrons. The second-order valence-electron chi connectivity index (χ2n) is 12.5. The average molecular weight is 613 g/mol.